The molecule has 1 aromatic heterocycles. The van der Waals surface area contributed by atoms with E-state index in [4.69, 9.17) is 4.98 Å². The number of benzene rings is 1. The van der Waals surface area contributed by atoms with E-state index in [1.165, 1.54) is 24.1 Å². The van der Waals surface area contributed by atoms with Crippen LogP contribution in [0, 0.1) is 11.3 Å². The average molecular weight is 294 g/mol. The Labute approximate surface area is 130 Å². The second-order valence-electron chi connectivity index (χ2n) is 5.21. The largest absolute Gasteiger partial charge is 0.245 e. The van der Waals surface area contributed by atoms with E-state index in [1.807, 2.05) is 18.2 Å². The predicted molar refractivity (Wildman–Crippen MR) is 87.4 cm³/mol. The van der Waals surface area contributed by atoms with Crippen LogP contribution in [0.3, 0.4) is 0 Å². The molecule has 106 valence electrons. The number of nitrogens with zero attached hydrogens (tertiary/aromatic N) is 2. The number of hydrogen-bond acceptors (Lipinski definition) is 3. The van der Waals surface area contributed by atoms with E-state index < -0.39 is 0 Å². The number of nitriles is 1. The Hall–Kier alpha value is -1.79. The fourth-order valence-corrected chi connectivity index (χ4v) is 3.73. The standard InChI is InChI=1S/C18H18N2S/c1-2-21-18-15(12-19)17(13-8-4-3-5-9-13)14-10-6-7-11-16(14)20-18/h3-5,8-9H,2,6-7,10-11H2,1H3. The summed E-state index contributed by atoms with van der Waals surface area (Å²) in [5.74, 6) is 0.939. The zero-order chi connectivity index (χ0) is 14.7. The number of thioether (sulfide) groups is 1. The summed E-state index contributed by atoms with van der Waals surface area (Å²) in [4.78, 5) is 4.80. The highest BCUT2D eigenvalue weighted by atomic mass is 32.2. The first-order chi connectivity index (χ1) is 10.3. The molecule has 0 amide bonds. The molecule has 0 unspecified atom stereocenters. The van der Waals surface area contributed by atoms with Crippen LogP contribution in [0.25, 0.3) is 11.1 Å². The third kappa shape index (κ3) is 2.69. The van der Waals surface area contributed by atoms with Crippen LogP contribution in [0.4, 0.5) is 0 Å². The van der Waals surface area contributed by atoms with Crippen LogP contribution in [-0.4, -0.2) is 10.7 Å². The Morgan fingerprint density at radius 3 is 2.67 bits per heavy atom. The molecule has 2 aromatic rings. The summed E-state index contributed by atoms with van der Waals surface area (Å²) in [5.41, 5.74) is 5.53. The van der Waals surface area contributed by atoms with Crippen molar-refractivity contribution < 1.29 is 0 Å². The van der Waals surface area contributed by atoms with Gasteiger partial charge in [0, 0.05) is 11.3 Å². The maximum atomic E-state index is 9.69. The van der Waals surface area contributed by atoms with Gasteiger partial charge in [0.05, 0.1) is 5.56 Å². The molecule has 0 bridgehead atoms. The minimum absolute atomic E-state index is 0.758. The molecule has 1 aliphatic carbocycles. The van der Waals surface area contributed by atoms with Gasteiger partial charge in [-0.1, -0.05) is 37.3 Å². The molecule has 0 spiro atoms. The highest BCUT2D eigenvalue weighted by Gasteiger charge is 2.22. The third-order valence-electron chi connectivity index (χ3n) is 3.90. The van der Waals surface area contributed by atoms with Crippen molar-refractivity contribution in [1.29, 1.82) is 5.26 Å². The van der Waals surface area contributed by atoms with Gasteiger partial charge in [-0.3, -0.25) is 0 Å². The minimum Gasteiger partial charge on any atom is -0.245 e. The molecule has 1 aromatic carbocycles. The third-order valence-corrected chi connectivity index (χ3v) is 4.75. The number of aryl methyl sites for hydroxylation is 1. The normalized spacial score (nSPS) is 13.5. The van der Waals surface area contributed by atoms with Crippen molar-refractivity contribution in [3.05, 3.63) is 47.2 Å². The zero-order valence-electron chi connectivity index (χ0n) is 12.2. The van der Waals surface area contributed by atoms with E-state index in [1.54, 1.807) is 11.8 Å². The highest BCUT2D eigenvalue weighted by Crippen LogP contribution is 2.37. The van der Waals surface area contributed by atoms with E-state index >= 15 is 0 Å². The van der Waals surface area contributed by atoms with Crippen molar-refractivity contribution in [2.75, 3.05) is 5.75 Å². The fourth-order valence-electron chi connectivity index (χ4n) is 2.99. The van der Waals surface area contributed by atoms with Gasteiger partial charge in [0.15, 0.2) is 0 Å². The molecule has 3 heteroatoms. The lowest BCUT2D eigenvalue weighted by Gasteiger charge is -2.21. The van der Waals surface area contributed by atoms with Crippen molar-refractivity contribution in [2.24, 2.45) is 0 Å². The molecule has 0 radical (unpaired) electrons. The summed E-state index contributed by atoms with van der Waals surface area (Å²) in [7, 11) is 0. The number of fused-ring (bicyclic) bond motifs is 1. The maximum absolute atomic E-state index is 9.69. The summed E-state index contributed by atoms with van der Waals surface area (Å²) < 4.78 is 0. The van der Waals surface area contributed by atoms with Gasteiger partial charge in [-0.25, -0.2) is 4.98 Å². The van der Waals surface area contributed by atoms with E-state index in [9.17, 15) is 5.26 Å². The van der Waals surface area contributed by atoms with Gasteiger partial charge < -0.3 is 0 Å². The molecular weight excluding hydrogens is 276 g/mol. The Balaban J connectivity index is 2.28. The minimum atomic E-state index is 0.758. The topological polar surface area (TPSA) is 36.7 Å². The summed E-state index contributed by atoms with van der Waals surface area (Å²) in [6.07, 6.45) is 4.48. The summed E-state index contributed by atoms with van der Waals surface area (Å²) >= 11 is 1.67. The number of aromatic nitrogens is 1. The molecule has 0 saturated heterocycles. The van der Waals surface area contributed by atoms with Crippen LogP contribution < -0.4 is 0 Å². The molecular formula is C18H18N2S. The van der Waals surface area contributed by atoms with Crippen molar-refractivity contribution in [3.63, 3.8) is 0 Å². The molecule has 21 heavy (non-hydrogen) atoms. The van der Waals surface area contributed by atoms with Crippen molar-refractivity contribution in [1.82, 2.24) is 4.98 Å². The summed E-state index contributed by atoms with van der Waals surface area (Å²) in [6.45, 7) is 2.11. The van der Waals surface area contributed by atoms with Gasteiger partial charge in [0.25, 0.3) is 0 Å². The molecule has 0 atom stereocenters. The highest BCUT2D eigenvalue weighted by molar-refractivity contribution is 7.99. The van der Waals surface area contributed by atoms with Gasteiger partial charge in [-0.15, -0.1) is 11.8 Å². The lowest BCUT2D eigenvalue weighted by atomic mass is 9.87. The quantitative estimate of drug-likeness (QED) is 0.776. The summed E-state index contributed by atoms with van der Waals surface area (Å²) in [5, 5.41) is 10.6. The Kier molecular flexibility index (Phi) is 4.26. The van der Waals surface area contributed by atoms with Crippen LogP contribution in [0.1, 0.15) is 36.6 Å². The molecule has 0 N–H and O–H groups in total. The van der Waals surface area contributed by atoms with E-state index in [0.29, 0.717) is 0 Å². The molecule has 0 aliphatic heterocycles. The van der Waals surface area contributed by atoms with Crippen molar-refractivity contribution in [3.8, 4) is 17.2 Å². The molecule has 2 nitrogen and oxygen atoms in total. The second-order valence-corrected chi connectivity index (χ2v) is 6.46. The van der Waals surface area contributed by atoms with Crippen molar-refractivity contribution >= 4 is 11.8 Å². The lowest BCUT2D eigenvalue weighted by Crippen LogP contribution is -2.10. The number of hydrogen-bond donors (Lipinski definition) is 0. The fraction of sp³-hybridized carbons (Fsp3) is 0.333. The molecule has 3 rings (SSSR count). The van der Waals surface area contributed by atoms with Crippen LogP contribution in [-0.2, 0) is 12.8 Å². The Morgan fingerprint density at radius 1 is 1.19 bits per heavy atom. The Morgan fingerprint density at radius 2 is 1.95 bits per heavy atom. The van der Waals surface area contributed by atoms with E-state index in [0.717, 1.165) is 40.3 Å². The lowest BCUT2D eigenvalue weighted by molar-refractivity contribution is 0.661. The number of pyridine rings is 1. The van der Waals surface area contributed by atoms with Gasteiger partial charge in [-0.2, -0.15) is 5.26 Å². The van der Waals surface area contributed by atoms with E-state index in [-0.39, 0.29) is 0 Å². The van der Waals surface area contributed by atoms with E-state index in [2.05, 4.69) is 25.1 Å². The maximum Gasteiger partial charge on any atom is 0.115 e. The first kappa shape index (κ1) is 14.2. The van der Waals surface area contributed by atoms with Crippen LogP contribution >= 0.6 is 11.8 Å². The predicted octanol–water partition coefficient (Wildman–Crippen LogP) is 4.61. The second kappa shape index (κ2) is 6.32. The SMILES string of the molecule is CCSc1nc2c(c(-c3ccccc3)c1C#N)CCCC2. The van der Waals surface area contributed by atoms with Crippen molar-refractivity contribution in [2.45, 2.75) is 37.6 Å². The van der Waals surface area contributed by atoms with Gasteiger partial charge in [0.2, 0.25) is 0 Å². The van der Waals surface area contributed by atoms with Crippen LogP contribution in [0.5, 0.6) is 0 Å². The smallest absolute Gasteiger partial charge is 0.115 e. The van der Waals surface area contributed by atoms with Gasteiger partial charge in [0.1, 0.15) is 11.1 Å². The van der Waals surface area contributed by atoms with Crippen LogP contribution in [0.15, 0.2) is 35.4 Å². The zero-order valence-corrected chi connectivity index (χ0v) is 13.0. The first-order valence-electron chi connectivity index (χ1n) is 7.49. The van der Waals surface area contributed by atoms with Gasteiger partial charge >= 0.3 is 0 Å². The molecule has 0 saturated carbocycles. The van der Waals surface area contributed by atoms with Crippen LogP contribution in [0.2, 0.25) is 0 Å². The average Bonchev–Trinajstić information content (AvgIpc) is 2.54. The first-order valence-corrected chi connectivity index (χ1v) is 8.47. The summed E-state index contributed by atoms with van der Waals surface area (Å²) in [6, 6.07) is 12.7. The monoisotopic (exact) mass is 294 g/mol. The van der Waals surface area contributed by atoms with Gasteiger partial charge in [-0.05, 0) is 42.6 Å². The molecule has 0 fully saturated rings. The Bertz CT molecular complexity index is 687. The number of rotatable bonds is 3. The molecule has 1 heterocycles. The molecule has 1 aliphatic rings.